The first-order chi connectivity index (χ1) is 17.1. The summed E-state index contributed by atoms with van der Waals surface area (Å²) < 4.78 is 56.1. The summed E-state index contributed by atoms with van der Waals surface area (Å²) in [6, 6.07) is 5.52. The molecule has 0 aromatic heterocycles. The number of piperazine rings is 1. The van der Waals surface area contributed by atoms with E-state index in [4.69, 9.17) is 0 Å². The van der Waals surface area contributed by atoms with Gasteiger partial charge in [0.25, 0.3) is 5.91 Å². The number of benzene rings is 2. The van der Waals surface area contributed by atoms with Crippen LogP contribution in [0.4, 0.5) is 14.5 Å². The maximum Gasteiger partial charge on any atom is 0.255 e. The Hall–Kier alpha value is -3.38. The Bertz CT molecular complexity index is 1390. The van der Waals surface area contributed by atoms with Crippen LogP contribution in [0, 0.1) is 18.6 Å². The predicted octanol–water partition coefficient (Wildman–Crippen LogP) is 1.55. The minimum absolute atomic E-state index is 0.0474. The second-order valence-corrected chi connectivity index (χ2v) is 11.1. The van der Waals surface area contributed by atoms with Crippen LogP contribution in [0.3, 0.4) is 0 Å². The van der Waals surface area contributed by atoms with Crippen molar-refractivity contribution >= 4 is 33.4 Å². The quantitative estimate of drug-likeness (QED) is 0.616. The first-order valence-electron chi connectivity index (χ1n) is 11.5. The molecule has 36 heavy (non-hydrogen) atoms. The molecule has 2 aromatic carbocycles. The highest BCUT2D eigenvalue weighted by Crippen LogP contribution is 2.36. The molecule has 0 spiro atoms. The fourth-order valence-corrected chi connectivity index (χ4v) is 6.58. The summed E-state index contributed by atoms with van der Waals surface area (Å²) in [5, 5.41) is 2.24. The summed E-state index contributed by atoms with van der Waals surface area (Å²) in [7, 11) is -4.06. The van der Waals surface area contributed by atoms with Gasteiger partial charge in [-0.3, -0.25) is 19.7 Å². The van der Waals surface area contributed by atoms with Gasteiger partial charge in [-0.1, -0.05) is 6.07 Å². The van der Waals surface area contributed by atoms with Gasteiger partial charge in [-0.05, 0) is 43.2 Å². The molecule has 0 bridgehead atoms. The lowest BCUT2D eigenvalue weighted by Crippen LogP contribution is -2.52. The van der Waals surface area contributed by atoms with E-state index in [1.54, 1.807) is 11.8 Å². The summed E-state index contributed by atoms with van der Waals surface area (Å²) >= 11 is 0. The molecule has 2 saturated heterocycles. The monoisotopic (exact) mass is 518 g/mol. The van der Waals surface area contributed by atoms with Gasteiger partial charge in [0.05, 0.1) is 0 Å². The number of sulfonamides is 1. The van der Waals surface area contributed by atoms with E-state index in [1.165, 1.54) is 27.4 Å². The van der Waals surface area contributed by atoms with Gasteiger partial charge in [-0.15, -0.1) is 0 Å². The van der Waals surface area contributed by atoms with Crippen LogP contribution in [0.2, 0.25) is 0 Å². The summed E-state index contributed by atoms with van der Waals surface area (Å²) in [5.74, 6) is -2.89. The minimum atomic E-state index is -4.06. The van der Waals surface area contributed by atoms with Crippen molar-refractivity contribution in [2.75, 3.05) is 31.1 Å². The Labute approximate surface area is 206 Å². The first-order valence-corrected chi connectivity index (χ1v) is 13.0. The van der Waals surface area contributed by atoms with Gasteiger partial charge in [-0.25, -0.2) is 17.2 Å². The van der Waals surface area contributed by atoms with Crippen molar-refractivity contribution < 1.29 is 31.6 Å². The van der Waals surface area contributed by atoms with Crippen LogP contribution in [0.25, 0.3) is 0 Å². The van der Waals surface area contributed by atoms with E-state index in [2.05, 4.69) is 5.32 Å². The summed E-state index contributed by atoms with van der Waals surface area (Å²) in [4.78, 5) is 39.7. The number of carbonyl (C=O) groups is 3. The predicted molar refractivity (Wildman–Crippen MR) is 125 cm³/mol. The van der Waals surface area contributed by atoms with Crippen molar-refractivity contribution in [1.82, 2.24) is 14.5 Å². The smallest absolute Gasteiger partial charge is 0.255 e. The highest BCUT2D eigenvalue weighted by atomic mass is 32.2. The number of piperidine rings is 1. The standard InChI is InChI=1S/C24H24F2N4O5S/c1-14-2-3-18(26)21(10-14)36(34,35)29-8-6-28(7-9-29)20-12-15(25)11-16-17(20)13-30(24(16)33)19-4-5-22(31)27-23(19)32/h2-3,10-12,19H,4-9,13H2,1H3,(H,27,31,32). The highest BCUT2D eigenvalue weighted by molar-refractivity contribution is 7.89. The third-order valence-corrected chi connectivity index (χ3v) is 8.79. The van der Waals surface area contributed by atoms with E-state index in [0.717, 1.165) is 12.1 Å². The number of aryl methyl sites for hydroxylation is 1. The molecular weight excluding hydrogens is 494 g/mol. The lowest BCUT2D eigenvalue weighted by atomic mass is 10.0. The molecule has 2 fully saturated rings. The molecule has 9 nitrogen and oxygen atoms in total. The lowest BCUT2D eigenvalue weighted by molar-refractivity contribution is -0.136. The van der Waals surface area contributed by atoms with Crippen LogP contribution < -0.4 is 10.2 Å². The van der Waals surface area contributed by atoms with Crippen molar-refractivity contribution in [2.45, 2.75) is 37.2 Å². The van der Waals surface area contributed by atoms with Crippen LogP contribution >= 0.6 is 0 Å². The number of amides is 3. The Balaban J connectivity index is 1.37. The molecule has 0 saturated carbocycles. The lowest BCUT2D eigenvalue weighted by Gasteiger charge is -2.36. The van der Waals surface area contributed by atoms with Gasteiger partial charge in [-0.2, -0.15) is 4.31 Å². The van der Waals surface area contributed by atoms with Crippen molar-refractivity contribution in [2.24, 2.45) is 0 Å². The molecule has 12 heteroatoms. The van der Waals surface area contributed by atoms with E-state index in [-0.39, 0.29) is 56.0 Å². The summed E-state index contributed by atoms with van der Waals surface area (Å²) in [6.45, 7) is 2.26. The molecule has 190 valence electrons. The third-order valence-electron chi connectivity index (χ3n) is 6.88. The number of fused-ring (bicyclic) bond motifs is 1. The maximum atomic E-state index is 14.5. The topological polar surface area (TPSA) is 107 Å². The zero-order valence-electron chi connectivity index (χ0n) is 19.5. The van der Waals surface area contributed by atoms with E-state index in [9.17, 15) is 31.6 Å². The molecule has 1 atom stereocenters. The van der Waals surface area contributed by atoms with Gasteiger partial charge in [0.15, 0.2) is 0 Å². The van der Waals surface area contributed by atoms with E-state index < -0.39 is 45.4 Å². The van der Waals surface area contributed by atoms with Crippen molar-refractivity contribution in [3.05, 3.63) is 58.7 Å². The molecule has 1 N–H and O–H groups in total. The number of halogens is 2. The Morgan fingerprint density at radius 2 is 1.72 bits per heavy atom. The normalized spacial score (nSPS) is 21.1. The average Bonchev–Trinajstić information content (AvgIpc) is 3.16. The second-order valence-electron chi connectivity index (χ2n) is 9.18. The van der Waals surface area contributed by atoms with E-state index in [0.29, 0.717) is 16.8 Å². The number of anilines is 1. The van der Waals surface area contributed by atoms with Gasteiger partial charge in [0.1, 0.15) is 22.6 Å². The van der Waals surface area contributed by atoms with Gasteiger partial charge in [0, 0.05) is 56.0 Å². The number of nitrogens with one attached hydrogen (secondary N) is 1. The molecule has 3 aliphatic rings. The number of rotatable bonds is 4. The molecule has 3 amide bonds. The number of imide groups is 1. The highest BCUT2D eigenvalue weighted by Gasteiger charge is 2.41. The van der Waals surface area contributed by atoms with Gasteiger partial charge in [0.2, 0.25) is 21.8 Å². The second kappa shape index (κ2) is 8.93. The van der Waals surface area contributed by atoms with Crippen LogP contribution in [-0.2, 0) is 26.2 Å². The van der Waals surface area contributed by atoms with Crippen molar-refractivity contribution in [3.63, 3.8) is 0 Å². The van der Waals surface area contributed by atoms with E-state index in [1.807, 2.05) is 0 Å². The fraction of sp³-hybridized carbons (Fsp3) is 0.375. The maximum absolute atomic E-state index is 14.5. The number of hydrogen-bond acceptors (Lipinski definition) is 6. The van der Waals surface area contributed by atoms with Crippen molar-refractivity contribution in [1.29, 1.82) is 0 Å². The number of hydrogen-bond donors (Lipinski definition) is 1. The Kier molecular flexibility index (Phi) is 6.03. The molecule has 2 aromatic rings. The third kappa shape index (κ3) is 4.13. The van der Waals surface area contributed by atoms with Crippen molar-refractivity contribution in [3.8, 4) is 0 Å². The molecule has 1 unspecified atom stereocenters. The SMILES string of the molecule is Cc1ccc(F)c(S(=O)(=O)N2CCN(c3cc(F)cc4c3CN(C3CCC(=O)NC3=O)C4=O)CC2)c1. The van der Waals surface area contributed by atoms with Crippen LogP contribution in [0.15, 0.2) is 35.2 Å². The van der Waals surface area contributed by atoms with Crippen LogP contribution in [0.5, 0.6) is 0 Å². The first kappa shape index (κ1) is 24.3. The number of carbonyl (C=O) groups excluding carboxylic acids is 3. The van der Waals surface area contributed by atoms with Crippen LogP contribution in [0.1, 0.15) is 34.3 Å². The zero-order valence-corrected chi connectivity index (χ0v) is 20.3. The summed E-state index contributed by atoms with van der Waals surface area (Å²) in [6.07, 6.45) is 0.296. The Morgan fingerprint density at radius 1 is 1.00 bits per heavy atom. The fourth-order valence-electron chi connectivity index (χ4n) is 5.01. The molecular formula is C24H24F2N4O5S. The molecule has 3 aliphatic heterocycles. The molecule has 5 rings (SSSR count). The average molecular weight is 519 g/mol. The Morgan fingerprint density at radius 3 is 2.42 bits per heavy atom. The van der Waals surface area contributed by atoms with Crippen LogP contribution in [-0.4, -0.2) is 67.6 Å². The molecule has 0 radical (unpaired) electrons. The molecule has 0 aliphatic carbocycles. The minimum Gasteiger partial charge on any atom is -0.369 e. The van der Waals surface area contributed by atoms with E-state index >= 15 is 0 Å². The molecule has 3 heterocycles. The van der Waals surface area contributed by atoms with Gasteiger partial charge < -0.3 is 9.80 Å². The van der Waals surface area contributed by atoms with Gasteiger partial charge >= 0.3 is 0 Å². The summed E-state index contributed by atoms with van der Waals surface area (Å²) in [5.41, 5.74) is 1.76. The zero-order chi connectivity index (χ0) is 25.8. The largest absolute Gasteiger partial charge is 0.369 e. The number of nitrogens with zero attached hydrogens (tertiary/aromatic N) is 3.